The van der Waals surface area contributed by atoms with Gasteiger partial charge in [0, 0.05) is 18.3 Å². The molecule has 0 bridgehead atoms. The van der Waals surface area contributed by atoms with Crippen LogP contribution in [0.5, 0.6) is 0 Å². The molecule has 5 nitrogen and oxygen atoms in total. The van der Waals surface area contributed by atoms with E-state index in [0.29, 0.717) is 12.1 Å². The molecule has 22 heavy (non-hydrogen) atoms. The van der Waals surface area contributed by atoms with Gasteiger partial charge in [0.2, 0.25) is 0 Å². The number of pyridine rings is 1. The smallest absolute Gasteiger partial charge is 0.310 e. The average Bonchev–Trinajstić information content (AvgIpc) is 2.54. The van der Waals surface area contributed by atoms with Gasteiger partial charge in [-0.3, -0.25) is 9.59 Å². The van der Waals surface area contributed by atoms with Gasteiger partial charge in [0.1, 0.15) is 0 Å². The molecule has 0 amide bonds. The lowest BCUT2D eigenvalue weighted by atomic mass is 10.1. The number of hydrogen-bond donors (Lipinski definition) is 1. The van der Waals surface area contributed by atoms with E-state index < -0.39 is 5.97 Å². The summed E-state index contributed by atoms with van der Waals surface area (Å²) >= 11 is 0. The summed E-state index contributed by atoms with van der Waals surface area (Å²) in [5.41, 5.74) is 5.31. The van der Waals surface area contributed by atoms with Crippen molar-refractivity contribution in [3.8, 4) is 0 Å². The zero-order valence-electron chi connectivity index (χ0n) is 12.8. The van der Waals surface area contributed by atoms with Crippen LogP contribution in [-0.2, 0) is 22.4 Å². The maximum absolute atomic E-state index is 12.4. The number of benzene rings is 1. The van der Waals surface area contributed by atoms with E-state index in [1.54, 1.807) is 6.20 Å². The first-order valence-electron chi connectivity index (χ1n) is 7.17. The van der Waals surface area contributed by atoms with Crippen LogP contribution in [0.2, 0.25) is 0 Å². The molecule has 116 valence electrons. The number of nitrogens with one attached hydrogen (secondary N) is 1. The van der Waals surface area contributed by atoms with Crippen molar-refractivity contribution in [2.45, 2.75) is 19.8 Å². The number of aromatic nitrogens is 1. The summed E-state index contributed by atoms with van der Waals surface area (Å²) < 4.78 is 6.06. The zero-order chi connectivity index (χ0) is 15.9. The van der Waals surface area contributed by atoms with Crippen LogP contribution in [0.4, 0.5) is 0 Å². The van der Waals surface area contributed by atoms with Crippen molar-refractivity contribution in [2.75, 3.05) is 19.1 Å². The van der Waals surface area contributed by atoms with Crippen molar-refractivity contribution in [1.29, 1.82) is 0 Å². The van der Waals surface area contributed by atoms with Gasteiger partial charge in [-0.15, -0.1) is 0 Å². The Labute approximate surface area is 129 Å². The second-order valence-corrected chi connectivity index (χ2v) is 5.05. The van der Waals surface area contributed by atoms with E-state index in [0.717, 1.165) is 12.0 Å². The second kappa shape index (κ2) is 7.45. The third kappa shape index (κ3) is 3.97. The molecular formula is C17H20N2O3. The first-order valence-corrected chi connectivity index (χ1v) is 7.17. The van der Waals surface area contributed by atoms with E-state index in [9.17, 15) is 9.59 Å². The second-order valence-electron chi connectivity index (χ2n) is 5.05. The predicted molar refractivity (Wildman–Crippen MR) is 85.5 cm³/mol. The monoisotopic (exact) mass is 300 g/mol. The Morgan fingerprint density at radius 1 is 1.23 bits per heavy atom. The van der Waals surface area contributed by atoms with Gasteiger partial charge in [-0.25, -0.2) is 4.68 Å². The van der Waals surface area contributed by atoms with Gasteiger partial charge in [0.25, 0.3) is 5.56 Å². The van der Waals surface area contributed by atoms with E-state index in [1.807, 2.05) is 43.3 Å². The van der Waals surface area contributed by atoms with Crippen molar-refractivity contribution in [1.82, 2.24) is 4.68 Å². The molecule has 1 N–H and O–H groups in total. The van der Waals surface area contributed by atoms with Crippen molar-refractivity contribution in [3.05, 3.63) is 69.6 Å². The Bertz CT molecular complexity index is 693. The Morgan fingerprint density at radius 3 is 2.64 bits per heavy atom. The molecule has 2 aromatic rings. The molecule has 0 aliphatic rings. The number of carbonyl (C=O) groups excluding carboxylic acids is 1. The fourth-order valence-corrected chi connectivity index (χ4v) is 2.19. The predicted octanol–water partition coefficient (Wildman–Crippen LogP) is 1.66. The quantitative estimate of drug-likeness (QED) is 0.824. The van der Waals surface area contributed by atoms with Crippen LogP contribution in [0.25, 0.3) is 0 Å². The largest absolute Gasteiger partial charge is 0.469 e. The average molecular weight is 300 g/mol. The van der Waals surface area contributed by atoms with Crippen LogP contribution in [-0.4, -0.2) is 24.3 Å². The summed E-state index contributed by atoms with van der Waals surface area (Å²) in [5.74, 6) is -0.415. The highest BCUT2D eigenvalue weighted by molar-refractivity contribution is 5.72. The molecule has 1 aromatic carbocycles. The molecule has 0 saturated carbocycles. The lowest BCUT2D eigenvalue weighted by Gasteiger charge is -2.12. The fraction of sp³-hybridized carbons (Fsp3) is 0.294. The fourth-order valence-electron chi connectivity index (χ4n) is 2.19. The van der Waals surface area contributed by atoms with E-state index in [-0.39, 0.29) is 12.0 Å². The normalized spacial score (nSPS) is 10.3. The Morgan fingerprint density at radius 2 is 1.95 bits per heavy atom. The number of aryl methyl sites for hydroxylation is 1. The van der Waals surface area contributed by atoms with Crippen LogP contribution in [0.1, 0.15) is 16.7 Å². The molecule has 0 spiro atoms. The molecule has 0 saturated heterocycles. The highest BCUT2D eigenvalue weighted by Gasteiger charge is 2.12. The number of esters is 1. The topological polar surface area (TPSA) is 60.3 Å². The summed E-state index contributed by atoms with van der Waals surface area (Å²) in [7, 11) is 1.32. The highest BCUT2D eigenvalue weighted by Crippen LogP contribution is 2.03. The van der Waals surface area contributed by atoms with Gasteiger partial charge < -0.3 is 10.2 Å². The number of nitrogens with zero attached hydrogens (tertiary/aromatic N) is 1. The minimum Gasteiger partial charge on any atom is -0.469 e. The third-order valence-corrected chi connectivity index (χ3v) is 3.51. The summed E-state index contributed by atoms with van der Waals surface area (Å²) in [6, 6.07) is 11.9. The molecule has 5 heteroatoms. The number of rotatable bonds is 6. The first-order chi connectivity index (χ1) is 10.6. The minimum atomic E-state index is -0.415. The highest BCUT2D eigenvalue weighted by atomic mass is 16.5. The van der Waals surface area contributed by atoms with Crippen LogP contribution in [0, 0.1) is 6.92 Å². The summed E-state index contributed by atoms with van der Waals surface area (Å²) in [6.45, 7) is 2.44. The van der Waals surface area contributed by atoms with E-state index in [4.69, 9.17) is 0 Å². The van der Waals surface area contributed by atoms with Gasteiger partial charge in [-0.1, -0.05) is 30.3 Å². The lowest BCUT2D eigenvalue weighted by molar-refractivity contribution is -0.139. The van der Waals surface area contributed by atoms with Crippen molar-refractivity contribution >= 4 is 5.97 Å². The number of methoxy groups -OCH3 is 1. The van der Waals surface area contributed by atoms with Crippen molar-refractivity contribution in [2.24, 2.45) is 0 Å². The van der Waals surface area contributed by atoms with E-state index in [2.05, 4.69) is 10.2 Å². The Balaban J connectivity index is 2.07. The molecule has 0 fully saturated rings. The number of carbonyl (C=O) groups is 1. The van der Waals surface area contributed by atoms with Crippen LogP contribution in [0.3, 0.4) is 0 Å². The van der Waals surface area contributed by atoms with Gasteiger partial charge in [-0.2, -0.15) is 0 Å². The van der Waals surface area contributed by atoms with Crippen molar-refractivity contribution < 1.29 is 9.53 Å². The minimum absolute atomic E-state index is 0.0115. The van der Waals surface area contributed by atoms with E-state index in [1.165, 1.54) is 17.3 Å². The molecule has 0 unspecified atom stereocenters. The molecule has 0 aliphatic carbocycles. The van der Waals surface area contributed by atoms with E-state index >= 15 is 0 Å². The number of hydrogen-bond acceptors (Lipinski definition) is 4. The lowest BCUT2D eigenvalue weighted by Crippen LogP contribution is -2.33. The molecule has 1 aromatic heterocycles. The molecular weight excluding hydrogens is 280 g/mol. The Hall–Kier alpha value is -2.56. The molecule has 0 radical (unpaired) electrons. The summed E-state index contributed by atoms with van der Waals surface area (Å²) in [4.78, 5) is 23.8. The molecule has 0 aliphatic heterocycles. The van der Waals surface area contributed by atoms with Gasteiger partial charge in [0.15, 0.2) is 0 Å². The standard InChI is InChI=1S/C17H20N2O3/c1-13-9-11-19(17(21)15(13)12-16(20)22-2)18-10-8-14-6-4-3-5-7-14/h3-7,9,11,18H,8,10,12H2,1-2H3. The molecule has 1 heterocycles. The Kier molecular flexibility index (Phi) is 5.36. The van der Waals surface area contributed by atoms with Gasteiger partial charge in [-0.05, 0) is 30.5 Å². The maximum Gasteiger partial charge on any atom is 0.310 e. The SMILES string of the molecule is COC(=O)Cc1c(C)ccn(NCCc2ccccc2)c1=O. The number of ether oxygens (including phenoxy) is 1. The summed E-state index contributed by atoms with van der Waals surface area (Å²) in [5, 5.41) is 0. The van der Waals surface area contributed by atoms with Gasteiger partial charge in [0.05, 0.1) is 13.5 Å². The van der Waals surface area contributed by atoms with Crippen molar-refractivity contribution in [3.63, 3.8) is 0 Å². The molecule has 0 atom stereocenters. The zero-order valence-corrected chi connectivity index (χ0v) is 12.8. The molecule has 2 rings (SSSR count). The maximum atomic E-state index is 12.4. The van der Waals surface area contributed by atoms with Crippen LogP contribution < -0.4 is 11.0 Å². The van der Waals surface area contributed by atoms with Crippen LogP contribution >= 0.6 is 0 Å². The third-order valence-electron chi connectivity index (χ3n) is 3.51. The van der Waals surface area contributed by atoms with Gasteiger partial charge >= 0.3 is 5.97 Å². The first kappa shape index (κ1) is 15.8. The van der Waals surface area contributed by atoms with Crippen LogP contribution in [0.15, 0.2) is 47.4 Å². The summed E-state index contributed by atoms with van der Waals surface area (Å²) in [6.07, 6.45) is 2.49.